The molecule has 7 rings (SSSR count). The minimum Gasteiger partial charge on any atom is -0.135 e. The molecule has 29 heavy (non-hydrogen) atoms. The molecule has 0 aliphatic carbocycles. The van der Waals surface area contributed by atoms with Gasteiger partial charge in [0, 0.05) is 25.6 Å². The van der Waals surface area contributed by atoms with Gasteiger partial charge in [0.25, 0.3) is 0 Å². The summed E-state index contributed by atoms with van der Waals surface area (Å²) in [6, 6.07) is 35.7. The van der Waals surface area contributed by atoms with Gasteiger partial charge in [0.1, 0.15) is 0 Å². The lowest BCUT2D eigenvalue weighted by atomic mass is 9.91. The monoisotopic (exact) mass is 384 g/mol. The molecule has 7 aromatic rings. The highest BCUT2D eigenvalue weighted by molar-refractivity contribution is 7.26. The molecule has 134 valence electrons. The van der Waals surface area contributed by atoms with Gasteiger partial charge in [-0.2, -0.15) is 0 Å². The summed E-state index contributed by atoms with van der Waals surface area (Å²) in [5.41, 5.74) is 0. The van der Waals surface area contributed by atoms with Crippen molar-refractivity contribution in [2.75, 3.05) is 0 Å². The second kappa shape index (κ2) is 5.56. The van der Waals surface area contributed by atoms with E-state index in [1.54, 1.807) is 0 Å². The SMILES string of the molecule is c1ccc2c(c1)sc1c2ccc2c1ccc1c3ccccc3c3ccccc3c12. The summed E-state index contributed by atoms with van der Waals surface area (Å²) in [7, 11) is 0. The van der Waals surface area contributed by atoms with E-state index in [-0.39, 0.29) is 0 Å². The third-order valence-corrected chi connectivity index (χ3v) is 7.46. The quantitative estimate of drug-likeness (QED) is 0.229. The highest BCUT2D eigenvalue weighted by atomic mass is 32.1. The van der Waals surface area contributed by atoms with Gasteiger partial charge in [-0.1, -0.05) is 91.0 Å². The standard InChI is InChI=1S/C28H16S/c1-2-9-19-17(7-1)18-8-3-4-11-21(18)27-22(19)13-16-25-23(27)14-15-24-20-10-5-6-12-26(20)29-28(24)25/h1-16H. The molecule has 0 atom stereocenters. The molecule has 0 fully saturated rings. The van der Waals surface area contributed by atoms with E-state index in [4.69, 9.17) is 0 Å². The first-order chi connectivity index (χ1) is 14.4. The van der Waals surface area contributed by atoms with Crippen molar-refractivity contribution in [1.29, 1.82) is 0 Å². The van der Waals surface area contributed by atoms with Crippen LogP contribution < -0.4 is 0 Å². The summed E-state index contributed by atoms with van der Waals surface area (Å²) in [6.45, 7) is 0. The van der Waals surface area contributed by atoms with E-state index in [0.29, 0.717) is 0 Å². The van der Waals surface area contributed by atoms with E-state index < -0.39 is 0 Å². The summed E-state index contributed by atoms with van der Waals surface area (Å²) in [5, 5.41) is 13.5. The minimum atomic E-state index is 1.33. The predicted molar refractivity (Wildman–Crippen MR) is 129 cm³/mol. The normalized spacial score (nSPS) is 12.1. The zero-order chi connectivity index (χ0) is 18.9. The second-order valence-corrected chi connectivity index (χ2v) is 8.77. The van der Waals surface area contributed by atoms with Crippen molar-refractivity contribution < 1.29 is 0 Å². The van der Waals surface area contributed by atoms with Crippen LogP contribution in [0.4, 0.5) is 0 Å². The fraction of sp³-hybridized carbons (Fsp3) is 0. The highest BCUT2D eigenvalue weighted by Crippen LogP contribution is 2.43. The van der Waals surface area contributed by atoms with Crippen LogP contribution in [0.25, 0.3) is 63.3 Å². The third kappa shape index (κ3) is 1.98. The number of benzene rings is 6. The molecule has 0 unspecified atom stereocenters. The summed E-state index contributed by atoms with van der Waals surface area (Å²) < 4.78 is 2.75. The fourth-order valence-corrected chi connectivity index (χ4v) is 6.22. The van der Waals surface area contributed by atoms with Crippen molar-refractivity contribution in [1.82, 2.24) is 0 Å². The Kier molecular flexibility index (Phi) is 2.97. The van der Waals surface area contributed by atoms with Gasteiger partial charge in [-0.25, -0.2) is 0 Å². The molecule has 0 bridgehead atoms. The van der Waals surface area contributed by atoms with Crippen LogP contribution in [0.1, 0.15) is 0 Å². The van der Waals surface area contributed by atoms with Crippen LogP contribution >= 0.6 is 11.3 Å². The van der Waals surface area contributed by atoms with Crippen LogP contribution in [-0.4, -0.2) is 0 Å². The van der Waals surface area contributed by atoms with Crippen LogP contribution in [0.5, 0.6) is 0 Å². The van der Waals surface area contributed by atoms with Gasteiger partial charge in [0.05, 0.1) is 0 Å². The van der Waals surface area contributed by atoms with E-state index >= 15 is 0 Å². The smallest absolute Gasteiger partial charge is 0.0434 e. The van der Waals surface area contributed by atoms with Gasteiger partial charge in [-0.15, -0.1) is 11.3 Å². The van der Waals surface area contributed by atoms with Crippen molar-refractivity contribution in [3.63, 3.8) is 0 Å². The van der Waals surface area contributed by atoms with E-state index in [9.17, 15) is 0 Å². The van der Waals surface area contributed by atoms with Crippen molar-refractivity contribution >= 4 is 74.6 Å². The maximum absolute atomic E-state index is 2.33. The molecule has 0 N–H and O–H groups in total. The Bertz CT molecular complexity index is 1720. The lowest BCUT2D eigenvalue weighted by Crippen LogP contribution is -1.85. The Morgan fingerprint density at radius 2 is 0.759 bits per heavy atom. The first-order valence-electron chi connectivity index (χ1n) is 9.96. The van der Waals surface area contributed by atoms with Crippen LogP contribution in [0.2, 0.25) is 0 Å². The molecule has 0 nitrogen and oxygen atoms in total. The van der Waals surface area contributed by atoms with E-state index in [1.165, 1.54) is 63.3 Å². The molecule has 1 heterocycles. The van der Waals surface area contributed by atoms with Gasteiger partial charge in [0.2, 0.25) is 0 Å². The summed E-state index contributed by atoms with van der Waals surface area (Å²) >= 11 is 1.91. The first kappa shape index (κ1) is 15.5. The van der Waals surface area contributed by atoms with Gasteiger partial charge < -0.3 is 0 Å². The van der Waals surface area contributed by atoms with Crippen molar-refractivity contribution in [3.8, 4) is 0 Å². The summed E-state index contributed by atoms with van der Waals surface area (Å²) in [4.78, 5) is 0. The van der Waals surface area contributed by atoms with Gasteiger partial charge in [0.15, 0.2) is 0 Å². The average Bonchev–Trinajstić information content (AvgIpc) is 3.18. The maximum Gasteiger partial charge on any atom is 0.0434 e. The lowest BCUT2D eigenvalue weighted by Gasteiger charge is -2.13. The molecule has 0 saturated carbocycles. The number of hydrogen-bond donors (Lipinski definition) is 0. The van der Waals surface area contributed by atoms with Gasteiger partial charge in [-0.3, -0.25) is 0 Å². The molecule has 0 spiro atoms. The zero-order valence-corrected chi connectivity index (χ0v) is 16.5. The number of rotatable bonds is 0. The summed E-state index contributed by atoms with van der Waals surface area (Å²) in [6.07, 6.45) is 0. The van der Waals surface area contributed by atoms with Crippen LogP contribution in [0.15, 0.2) is 97.1 Å². The Hall–Kier alpha value is -3.42. The minimum absolute atomic E-state index is 1.33. The molecular weight excluding hydrogens is 368 g/mol. The first-order valence-corrected chi connectivity index (χ1v) is 10.8. The average molecular weight is 385 g/mol. The molecule has 0 radical (unpaired) electrons. The summed E-state index contributed by atoms with van der Waals surface area (Å²) in [5.74, 6) is 0. The van der Waals surface area contributed by atoms with Crippen LogP contribution in [0.3, 0.4) is 0 Å². The second-order valence-electron chi connectivity index (χ2n) is 7.71. The maximum atomic E-state index is 2.33. The molecule has 6 aromatic carbocycles. The molecule has 1 aromatic heterocycles. The number of fused-ring (bicyclic) bond motifs is 12. The zero-order valence-electron chi connectivity index (χ0n) is 15.6. The number of hydrogen-bond acceptors (Lipinski definition) is 1. The van der Waals surface area contributed by atoms with E-state index in [0.717, 1.165) is 0 Å². The predicted octanol–water partition coefficient (Wildman–Crippen LogP) is 8.67. The van der Waals surface area contributed by atoms with Crippen LogP contribution in [-0.2, 0) is 0 Å². The highest BCUT2D eigenvalue weighted by Gasteiger charge is 2.14. The molecule has 0 amide bonds. The van der Waals surface area contributed by atoms with Crippen molar-refractivity contribution in [2.24, 2.45) is 0 Å². The molecule has 0 saturated heterocycles. The van der Waals surface area contributed by atoms with Gasteiger partial charge in [-0.05, 0) is 43.8 Å². The van der Waals surface area contributed by atoms with Crippen molar-refractivity contribution in [2.45, 2.75) is 0 Å². The molecule has 0 aliphatic rings. The Labute approximate surface area is 171 Å². The van der Waals surface area contributed by atoms with E-state index in [1.807, 2.05) is 11.3 Å². The van der Waals surface area contributed by atoms with Gasteiger partial charge >= 0.3 is 0 Å². The largest absolute Gasteiger partial charge is 0.135 e. The van der Waals surface area contributed by atoms with Crippen LogP contribution in [0, 0.1) is 0 Å². The fourth-order valence-electron chi connectivity index (χ4n) is 4.99. The van der Waals surface area contributed by atoms with Crippen molar-refractivity contribution in [3.05, 3.63) is 97.1 Å². The Morgan fingerprint density at radius 3 is 1.45 bits per heavy atom. The molecule has 1 heteroatoms. The lowest BCUT2D eigenvalue weighted by molar-refractivity contribution is 1.79. The molecule has 0 aliphatic heterocycles. The third-order valence-electron chi connectivity index (χ3n) is 6.24. The Balaban J connectivity index is 1.79. The topological polar surface area (TPSA) is 0 Å². The Morgan fingerprint density at radius 1 is 0.345 bits per heavy atom. The molecular formula is C28H16S. The number of thiophene rings is 1. The van der Waals surface area contributed by atoms with E-state index in [2.05, 4.69) is 97.1 Å².